The topological polar surface area (TPSA) is 66.6 Å². The molecule has 0 radical (unpaired) electrons. The number of nitrogens with one attached hydrogen (secondary N) is 1. The second kappa shape index (κ2) is 7.64. The molecule has 0 aliphatic heterocycles. The third-order valence-corrected chi connectivity index (χ3v) is 4.94. The maximum atomic E-state index is 12.8. The molecule has 0 aliphatic rings. The monoisotopic (exact) mass is 411 g/mol. The van der Waals surface area contributed by atoms with E-state index >= 15 is 0 Å². The van der Waals surface area contributed by atoms with Gasteiger partial charge < -0.3 is 14.8 Å². The lowest BCUT2D eigenvalue weighted by molar-refractivity contribution is -0.124. The van der Waals surface area contributed by atoms with E-state index in [9.17, 15) is 9.90 Å². The van der Waals surface area contributed by atoms with Gasteiger partial charge in [0.25, 0.3) is 5.91 Å². The predicted octanol–water partition coefficient (Wildman–Crippen LogP) is 4.98. The molecule has 140 valence electrons. The van der Waals surface area contributed by atoms with E-state index in [0.717, 1.165) is 16.6 Å². The van der Waals surface area contributed by atoms with E-state index in [2.05, 4.69) is 10.3 Å². The zero-order valence-corrected chi connectivity index (χ0v) is 16.0. The summed E-state index contributed by atoms with van der Waals surface area (Å²) in [5.74, 6) is -0.599. The van der Waals surface area contributed by atoms with Crippen LogP contribution >= 0.6 is 23.2 Å². The van der Waals surface area contributed by atoms with E-state index in [1.165, 1.54) is 6.07 Å². The summed E-state index contributed by atoms with van der Waals surface area (Å²) in [6, 6.07) is 16.0. The van der Waals surface area contributed by atoms with Crippen molar-refractivity contribution in [3.63, 3.8) is 0 Å². The fourth-order valence-electron chi connectivity index (χ4n) is 3.09. The number of anilines is 1. The molecule has 1 amide bonds. The molecule has 1 aromatic carbocycles. The third kappa shape index (κ3) is 3.47. The van der Waals surface area contributed by atoms with Crippen LogP contribution in [0, 0.1) is 0 Å². The Morgan fingerprint density at radius 3 is 2.71 bits per heavy atom. The van der Waals surface area contributed by atoms with Crippen LogP contribution < -0.4 is 5.32 Å². The predicted molar refractivity (Wildman–Crippen MR) is 111 cm³/mol. The number of carbonyl (C=O) groups excluding carboxylic acids is 1. The summed E-state index contributed by atoms with van der Waals surface area (Å²) in [5, 5.41) is 14.3. The number of benzene rings is 1. The van der Waals surface area contributed by atoms with Gasteiger partial charge in [0.15, 0.2) is 6.10 Å². The summed E-state index contributed by atoms with van der Waals surface area (Å²) in [6.07, 6.45) is 3.74. The van der Waals surface area contributed by atoms with Crippen molar-refractivity contribution < 1.29 is 9.90 Å². The molecule has 0 saturated carbocycles. The summed E-state index contributed by atoms with van der Waals surface area (Å²) >= 11 is 12.0. The minimum Gasteiger partial charge on any atom is -0.377 e. The van der Waals surface area contributed by atoms with Crippen LogP contribution in [-0.4, -0.2) is 20.4 Å². The van der Waals surface area contributed by atoms with Gasteiger partial charge in [-0.05, 0) is 42.5 Å². The van der Waals surface area contributed by atoms with Crippen molar-refractivity contribution in [2.75, 3.05) is 5.32 Å². The van der Waals surface area contributed by atoms with Crippen molar-refractivity contribution in [1.29, 1.82) is 0 Å². The first-order chi connectivity index (χ1) is 13.5. The molecule has 3 heterocycles. The zero-order valence-electron chi connectivity index (χ0n) is 14.5. The van der Waals surface area contributed by atoms with Crippen molar-refractivity contribution in [3.8, 4) is 11.1 Å². The van der Waals surface area contributed by atoms with Crippen molar-refractivity contribution in [3.05, 3.63) is 88.9 Å². The first-order valence-electron chi connectivity index (χ1n) is 8.49. The molecule has 7 heteroatoms. The SMILES string of the molecule is O=C(Nc1ccc(Cl)cc1Cl)C(O)c1c(-c2cccnc2)cc2ccccn12. The Morgan fingerprint density at radius 1 is 1.11 bits per heavy atom. The van der Waals surface area contributed by atoms with Gasteiger partial charge in [0, 0.05) is 40.3 Å². The first-order valence-corrected chi connectivity index (χ1v) is 9.24. The first kappa shape index (κ1) is 18.5. The van der Waals surface area contributed by atoms with Gasteiger partial charge in [0.1, 0.15) is 0 Å². The smallest absolute Gasteiger partial charge is 0.259 e. The van der Waals surface area contributed by atoms with Gasteiger partial charge >= 0.3 is 0 Å². The van der Waals surface area contributed by atoms with Crippen LogP contribution in [-0.2, 0) is 4.79 Å². The number of nitrogens with zero attached hydrogens (tertiary/aromatic N) is 2. The molecule has 2 N–H and O–H groups in total. The molecule has 1 unspecified atom stereocenters. The number of aliphatic hydroxyl groups excluding tert-OH is 1. The fraction of sp³-hybridized carbons (Fsp3) is 0.0476. The normalized spacial score (nSPS) is 12.1. The number of aliphatic hydroxyl groups is 1. The highest BCUT2D eigenvalue weighted by molar-refractivity contribution is 6.36. The van der Waals surface area contributed by atoms with Crippen LogP contribution in [0.25, 0.3) is 16.6 Å². The second-order valence-corrected chi connectivity index (χ2v) is 7.04. The van der Waals surface area contributed by atoms with Crippen molar-refractivity contribution >= 4 is 40.3 Å². The molecule has 0 saturated heterocycles. The molecular weight excluding hydrogens is 397 g/mol. The van der Waals surface area contributed by atoms with Crippen LogP contribution in [0.5, 0.6) is 0 Å². The maximum absolute atomic E-state index is 12.8. The van der Waals surface area contributed by atoms with Crippen LogP contribution in [0.15, 0.2) is 73.2 Å². The zero-order chi connectivity index (χ0) is 19.7. The van der Waals surface area contributed by atoms with E-state index in [4.69, 9.17) is 23.2 Å². The average molecular weight is 412 g/mol. The Labute approximate surface area is 171 Å². The number of carbonyl (C=O) groups is 1. The lowest BCUT2D eigenvalue weighted by atomic mass is 10.0. The Kier molecular flexibility index (Phi) is 5.05. The fourth-order valence-corrected chi connectivity index (χ4v) is 3.55. The number of fused-ring (bicyclic) bond motifs is 1. The van der Waals surface area contributed by atoms with Crippen LogP contribution in [0.3, 0.4) is 0 Å². The second-order valence-electron chi connectivity index (χ2n) is 6.20. The van der Waals surface area contributed by atoms with Gasteiger partial charge in [-0.15, -0.1) is 0 Å². The van der Waals surface area contributed by atoms with Gasteiger partial charge in [-0.2, -0.15) is 0 Å². The number of hydrogen-bond acceptors (Lipinski definition) is 3. The van der Waals surface area contributed by atoms with E-state index in [1.54, 1.807) is 41.2 Å². The molecule has 0 aliphatic carbocycles. The van der Waals surface area contributed by atoms with Gasteiger partial charge in [0.2, 0.25) is 0 Å². The molecule has 28 heavy (non-hydrogen) atoms. The number of rotatable bonds is 4. The summed E-state index contributed by atoms with van der Waals surface area (Å²) in [5.41, 5.74) is 3.21. The lowest BCUT2D eigenvalue weighted by Gasteiger charge is -2.15. The highest BCUT2D eigenvalue weighted by Gasteiger charge is 2.26. The molecule has 3 aromatic heterocycles. The molecule has 0 spiro atoms. The van der Waals surface area contributed by atoms with E-state index in [0.29, 0.717) is 21.4 Å². The van der Waals surface area contributed by atoms with E-state index < -0.39 is 12.0 Å². The quantitative estimate of drug-likeness (QED) is 0.497. The lowest BCUT2D eigenvalue weighted by Crippen LogP contribution is -2.22. The van der Waals surface area contributed by atoms with Crippen molar-refractivity contribution in [1.82, 2.24) is 9.38 Å². The van der Waals surface area contributed by atoms with E-state index in [1.807, 2.05) is 30.3 Å². The van der Waals surface area contributed by atoms with Crippen LogP contribution in [0.2, 0.25) is 10.0 Å². The molecule has 0 bridgehead atoms. The highest BCUT2D eigenvalue weighted by Crippen LogP contribution is 2.33. The molecule has 4 aromatic rings. The molecular formula is C21H15Cl2N3O2. The Hall–Kier alpha value is -2.86. The Balaban J connectivity index is 1.76. The molecule has 1 atom stereocenters. The molecule has 0 fully saturated rings. The van der Waals surface area contributed by atoms with Crippen molar-refractivity contribution in [2.45, 2.75) is 6.10 Å². The number of halogens is 2. The average Bonchev–Trinajstić information content (AvgIpc) is 3.09. The summed E-state index contributed by atoms with van der Waals surface area (Å²) < 4.78 is 1.79. The number of aromatic nitrogens is 2. The van der Waals surface area contributed by atoms with Gasteiger partial charge in [-0.1, -0.05) is 35.3 Å². The Morgan fingerprint density at radius 2 is 1.96 bits per heavy atom. The summed E-state index contributed by atoms with van der Waals surface area (Å²) in [6.45, 7) is 0. The van der Waals surface area contributed by atoms with Gasteiger partial charge in [0.05, 0.1) is 16.4 Å². The van der Waals surface area contributed by atoms with Gasteiger partial charge in [-0.25, -0.2) is 0 Å². The van der Waals surface area contributed by atoms with Crippen molar-refractivity contribution in [2.24, 2.45) is 0 Å². The highest BCUT2D eigenvalue weighted by atomic mass is 35.5. The molecule has 5 nitrogen and oxygen atoms in total. The minimum atomic E-state index is -1.42. The summed E-state index contributed by atoms with van der Waals surface area (Å²) in [4.78, 5) is 16.9. The maximum Gasteiger partial charge on any atom is 0.259 e. The summed E-state index contributed by atoms with van der Waals surface area (Å²) in [7, 11) is 0. The molecule has 4 rings (SSSR count). The minimum absolute atomic E-state index is 0.292. The largest absolute Gasteiger partial charge is 0.377 e. The third-order valence-electron chi connectivity index (χ3n) is 4.39. The number of hydrogen-bond donors (Lipinski definition) is 2. The Bertz CT molecular complexity index is 1160. The van der Waals surface area contributed by atoms with Crippen LogP contribution in [0.1, 0.15) is 11.8 Å². The number of amides is 1. The standard InChI is InChI=1S/C21H15Cl2N3O2/c22-14-6-7-18(17(23)10-14)25-21(28)20(27)19-16(13-4-3-8-24-12-13)11-15-5-1-2-9-26(15)19/h1-12,20,27H,(H,25,28). The number of pyridine rings is 2. The van der Waals surface area contributed by atoms with Crippen LogP contribution in [0.4, 0.5) is 5.69 Å². The van der Waals surface area contributed by atoms with E-state index in [-0.39, 0.29) is 0 Å². The van der Waals surface area contributed by atoms with Gasteiger partial charge in [-0.3, -0.25) is 9.78 Å².